The van der Waals surface area contributed by atoms with Crippen LogP contribution in [0.4, 0.5) is 0 Å². The first-order chi connectivity index (χ1) is 6.25. The van der Waals surface area contributed by atoms with Crippen LogP contribution in [0.2, 0.25) is 0 Å². The van der Waals surface area contributed by atoms with Crippen LogP contribution in [-0.4, -0.2) is 36.8 Å². The molecule has 13 heavy (non-hydrogen) atoms. The van der Waals surface area contributed by atoms with Gasteiger partial charge in [0.2, 0.25) is 0 Å². The van der Waals surface area contributed by atoms with Crippen molar-refractivity contribution in [2.45, 2.75) is 32.9 Å². The molecular formula is C10H21NOS. The average molecular weight is 203 g/mol. The molecule has 0 bridgehead atoms. The van der Waals surface area contributed by atoms with Crippen LogP contribution in [0.15, 0.2) is 0 Å². The van der Waals surface area contributed by atoms with Gasteiger partial charge >= 0.3 is 0 Å². The first-order valence-corrected chi connectivity index (χ1v) is 6.34. The zero-order valence-electron chi connectivity index (χ0n) is 8.88. The van der Waals surface area contributed by atoms with Crippen LogP contribution in [0.1, 0.15) is 20.8 Å². The second kappa shape index (κ2) is 5.89. The van der Waals surface area contributed by atoms with Crippen LogP contribution in [0.25, 0.3) is 0 Å². The van der Waals surface area contributed by atoms with Gasteiger partial charge in [-0.15, -0.1) is 0 Å². The molecule has 2 unspecified atom stereocenters. The SMILES string of the molecule is CCNC(C(C)C)C1CSCCO1. The van der Waals surface area contributed by atoms with E-state index in [9.17, 15) is 0 Å². The summed E-state index contributed by atoms with van der Waals surface area (Å²) in [7, 11) is 0. The molecule has 1 heterocycles. The number of ether oxygens (including phenoxy) is 1. The molecule has 0 aromatic carbocycles. The van der Waals surface area contributed by atoms with E-state index in [0.29, 0.717) is 18.1 Å². The lowest BCUT2D eigenvalue weighted by atomic mass is 9.99. The minimum Gasteiger partial charge on any atom is -0.375 e. The third kappa shape index (κ3) is 3.49. The highest BCUT2D eigenvalue weighted by Crippen LogP contribution is 2.19. The van der Waals surface area contributed by atoms with Crippen molar-refractivity contribution in [3.63, 3.8) is 0 Å². The van der Waals surface area contributed by atoms with Crippen LogP contribution in [0.5, 0.6) is 0 Å². The number of rotatable bonds is 4. The Labute approximate surface area is 85.8 Å². The summed E-state index contributed by atoms with van der Waals surface area (Å²) in [4.78, 5) is 0. The molecule has 1 rings (SSSR count). The van der Waals surface area contributed by atoms with Gasteiger partial charge < -0.3 is 10.1 Å². The Morgan fingerprint density at radius 3 is 2.77 bits per heavy atom. The van der Waals surface area contributed by atoms with Crippen LogP contribution >= 0.6 is 11.8 Å². The smallest absolute Gasteiger partial charge is 0.0821 e. The van der Waals surface area contributed by atoms with Gasteiger partial charge in [-0.3, -0.25) is 0 Å². The lowest BCUT2D eigenvalue weighted by Gasteiger charge is -2.33. The van der Waals surface area contributed by atoms with Crippen LogP contribution in [-0.2, 0) is 4.74 Å². The van der Waals surface area contributed by atoms with Gasteiger partial charge in [0.05, 0.1) is 12.7 Å². The zero-order chi connectivity index (χ0) is 9.68. The molecule has 3 heteroatoms. The van der Waals surface area contributed by atoms with Crippen molar-refractivity contribution in [3.8, 4) is 0 Å². The summed E-state index contributed by atoms with van der Waals surface area (Å²) in [6.07, 6.45) is 0.415. The number of thioether (sulfide) groups is 1. The predicted molar refractivity (Wildman–Crippen MR) is 59.4 cm³/mol. The van der Waals surface area contributed by atoms with Gasteiger partial charge in [0, 0.05) is 17.5 Å². The van der Waals surface area contributed by atoms with E-state index in [0.717, 1.165) is 24.7 Å². The number of likely N-dealkylation sites (N-methyl/N-ethyl adjacent to an activating group) is 1. The summed E-state index contributed by atoms with van der Waals surface area (Å²) in [5, 5.41) is 3.51. The first kappa shape index (κ1) is 11.3. The predicted octanol–water partition coefficient (Wildman–Crippen LogP) is 1.75. The fraction of sp³-hybridized carbons (Fsp3) is 1.00. The molecule has 1 aliphatic heterocycles. The van der Waals surface area contributed by atoms with Gasteiger partial charge in [-0.25, -0.2) is 0 Å². The fourth-order valence-corrected chi connectivity index (χ4v) is 2.66. The molecule has 0 amide bonds. The van der Waals surface area contributed by atoms with Gasteiger partial charge in [0.1, 0.15) is 0 Å². The zero-order valence-corrected chi connectivity index (χ0v) is 9.69. The number of hydrogen-bond donors (Lipinski definition) is 1. The molecular weight excluding hydrogens is 182 g/mol. The first-order valence-electron chi connectivity index (χ1n) is 5.18. The molecule has 2 nitrogen and oxygen atoms in total. The Balaban J connectivity index is 2.41. The Morgan fingerprint density at radius 2 is 2.31 bits per heavy atom. The maximum absolute atomic E-state index is 5.77. The Bertz CT molecular complexity index is 135. The van der Waals surface area contributed by atoms with Gasteiger partial charge in [-0.05, 0) is 12.5 Å². The van der Waals surface area contributed by atoms with Crippen molar-refractivity contribution in [2.24, 2.45) is 5.92 Å². The Morgan fingerprint density at radius 1 is 1.54 bits per heavy atom. The molecule has 0 aliphatic carbocycles. The molecule has 2 atom stereocenters. The van der Waals surface area contributed by atoms with E-state index in [-0.39, 0.29) is 0 Å². The quantitative estimate of drug-likeness (QED) is 0.752. The van der Waals surface area contributed by atoms with Gasteiger partial charge in [0.25, 0.3) is 0 Å². The highest BCUT2D eigenvalue weighted by atomic mass is 32.2. The fourth-order valence-electron chi connectivity index (χ4n) is 1.75. The van der Waals surface area contributed by atoms with E-state index in [1.165, 1.54) is 0 Å². The second-order valence-electron chi connectivity index (χ2n) is 3.81. The van der Waals surface area contributed by atoms with Crippen molar-refractivity contribution < 1.29 is 4.74 Å². The largest absolute Gasteiger partial charge is 0.375 e. The highest BCUT2D eigenvalue weighted by Gasteiger charge is 2.26. The highest BCUT2D eigenvalue weighted by molar-refractivity contribution is 7.99. The van der Waals surface area contributed by atoms with Crippen molar-refractivity contribution in [3.05, 3.63) is 0 Å². The van der Waals surface area contributed by atoms with Crippen molar-refractivity contribution in [2.75, 3.05) is 24.7 Å². The number of nitrogens with one attached hydrogen (secondary N) is 1. The summed E-state index contributed by atoms with van der Waals surface area (Å²) >= 11 is 2.01. The van der Waals surface area contributed by atoms with Crippen molar-refractivity contribution in [1.82, 2.24) is 5.32 Å². The lowest BCUT2D eigenvalue weighted by Crippen LogP contribution is -2.47. The summed E-state index contributed by atoms with van der Waals surface area (Å²) < 4.78 is 5.77. The van der Waals surface area contributed by atoms with E-state index in [1.54, 1.807) is 0 Å². The summed E-state index contributed by atoms with van der Waals surface area (Å²) in [5.74, 6) is 2.96. The van der Waals surface area contributed by atoms with E-state index in [1.807, 2.05) is 11.8 Å². The summed E-state index contributed by atoms with van der Waals surface area (Å²) in [5.41, 5.74) is 0. The Kier molecular flexibility index (Phi) is 5.14. The van der Waals surface area contributed by atoms with Gasteiger partial charge in [0.15, 0.2) is 0 Å². The molecule has 0 saturated carbocycles. The summed E-state index contributed by atoms with van der Waals surface area (Å²) in [6.45, 7) is 8.63. The third-order valence-corrected chi connectivity index (χ3v) is 3.42. The molecule has 1 aliphatic rings. The molecule has 1 N–H and O–H groups in total. The normalized spacial score (nSPS) is 26.3. The average Bonchev–Trinajstić information content (AvgIpc) is 2.15. The lowest BCUT2D eigenvalue weighted by molar-refractivity contribution is 0.0349. The van der Waals surface area contributed by atoms with Crippen LogP contribution < -0.4 is 5.32 Å². The second-order valence-corrected chi connectivity index (χ2v) is 4.96. The van der Waals surface area contributed by atoms with Gasteiger partial charge in [-0.1, -0.05) is 20.8 Å². The van der Waals surface area contributed by atoms with Crippen LogP contribution in [0.3, 0.4) is 0 Å². The van der Waals surface area contributed by atoms with Gasteiger partial charge in [-0.2, -0.15) is 11.8 Å². The van der Waals surface area contributed by atoms with E-state index in [2.05, 4.69) is 26.1 Å². The number of hydrogen-bond acceptors (Lipinski definition) is 3. The van der Waals surface area contributed by atoms with Crippen molar-refractivity contribution in [1.29, 1.82) is 0 Å². The topological polar surface area (TPSA) is 21.3 Å². The molecule has 0 aromatic rings. The minimum atomic E-state index is 0.415. The maximum Gasteiger partial charge on any atom is 0.0821 e. The van der Waals surface area contributed by atoms with Crippen LogP contribution in [0, 0.1) is 5.92 Å². The summed E-state index contributed by atoms with van der Waals surface area (Å²) in [6, 6.07) is 0.526. The van der Waals surface area contributed by atoms with E-state index >= 15 is 0 Å². The minimum absolute atomic E-state index is 0.415. The van der Waals surface area contributed by atoms with E-state index in [4.69, 9.17) is 4.74 Å². The third-order valence-electron chi connectivity index (χ3n) is 2.40. The maximum atomic E-state index is 5.77. The molecule has 0 radical (unpaired) electrons. The molecule has 78 valence electrons. The molecule has 0 aromatic heterocycles. The monoisotopic (exact) mass is 203 g/mol. The van der Waals surface area contributed by atoms with Crippen molar-refractivity contribution >= 4 is 11.8 Å². The molecule has 1 fully saturated rings. The standard InChI is InChI=1S/C10H21NOS/c1-4-11-10(8(2)3)9-7-13-6-5-12-9/h8-11H,4-7H2,1-3H3. The Hall–Kier alpha value is 0.270. The molecule has 1 saturated heterocycles. The van der Waals surface area contributed by atoms with E-state index < -0.39 is 0 Å². The molecule has 0 spiro atoms.